The summed E-state index contributed by atoms with van der Waals surface area (Å²) < 4.78 is 27.0. The molecule has 0 aliphatic heterocycles. The molecule has 0 spiro atoms. The molecule has 0 aliphatic rings. The number of hydrogen-bond acceptors (Lipinski definition) is 3. The van der Waals surface area contributed by atoms with Gasteiger partial charge in [-0.3, -0.25) is 4.79 Å². The fraction of sp³-hybridized carbons (Fsp3) is 0.333. The standard InChI is InChI=1S/C12H13F2N3O/c1-7(12(18)16-2)17-6-9-10(13)3-8(5-15)4-11(9)14/h3-4,7,17H,6H2,1-2H3,(H,16,18). The maximum Gasteiger partial charge on any atom is 0.236 e. The lowest BCUT2D eigenvalue weighted by atomic mass is 10.1. The summed E-state index contributed by atoms with van der Waals surface area (Å²) in [7, 11) is 1.48. The molecule has 0 radical (unpaired) electrons. The van der Waals surface area contributed by atoms with Crippen molar-refractivity contribution in [2.45, 2.75) is 19.5 Å². The normalized spacial score (nSPS) is 11.7. The van der Waals surface area contributed by atoms with E-state index in [1.54, 1.807) is 13.0 Å². The molecular formula is C12H13F2N3O. The highest BCUT2D eigenvalue weighted by atomic mass is 19.1. The van der Waals surface area contributed by atoms with Gasteiger partial charge in [-0.2, -0.15) is 5.26 Å². The Morgan fingerprint density at radius 2 is 2.00 bits per heavy atom. The van der Waals surface area contributed by atoms with Crippen molar-refractivity contribution >= 4 is 5.91 Å². The third kappa shape index (κ3) is 3.25. The molecule has 6 heteroatoms. The lowest BCUT2D eigenvalue weighted by molar-refractivity contribution is -0.122. The Balaban J connectivity index is 2.80. The largest absolute Gasteiger partial charge is 0.358 e. The summed E-state index contributed by atoms with van der Waals surface area (Å²) in [5.74, 6) is -1.88. The molecule has 0 aliphatic carbocycles. The fourth-order valence-electron chi connectivity index (χ4n) is 1.40. The van der Waals surface area contributed by atoms with E-state index in [0.29, 0.717) is 0 Å². The molecule has 0 saturated heterocycles. The van der Waals surface area contributed by atoms with Crippen molar-refractivity contribution in [1.29, 1.82) is 5.26 Å². The second-order valence-corrected chi connectivity index (χ2v) is 3.75. The van der Waals surface area contributed by atoms with E-state index >= 15 is 0 Å². The highest BCUT2D eigenvalue weighted by Crippen LogP contribution is 2.15. The van der Waals surface area contributed by atoms with Gasteiger partial charge in [-0.05, 0) is 19.1 Å². The lowest BCUT2D eigenvalue weighted by Gasteiger charge is -2.13. The number of benzene rings is 1. The van der Waals surface area contributed by atoms with Gasteiger partial charge < -0.3 is 10.6 Å². The van der Waals surface area contributed by atoms with E-state index in [2.05, 4.69) is 10.6 Å². The molecule has 1 atom stereocenters. The molecule has 1 aromatic rings. The van der Waals surface area contributed by atoms with Crippen molar-refractivity contribution in [3.05, 3.63) is 34.9 Å². The molecule has 0 aromatic heterocycles. The summed E-state index contributed by atoms with van der Waals surface area (Å²) in [4.78, 5) is 11.2. The minimum atomic E-state index is -0.803. The van der Waals surface area contributed by atoms with Crippen molar-refractivity contribution in [2.75, 3.05) is 7.05 Å². The topological polar surface area (TPSA) is 64.9 Å². The Labute approximate surface area is 104 Å². The van der Waals surface area contributed by atoms with Crippen LogP contribution < -0.4 is 10.6 Å². The monoisotopic (exact) mass is 253 g/mol. The molecule has 4 nitrogen and oxygen atoms in total. The minimum absolute atomic E-state index is 0.0758. The number of hydrogen-bond donors (Lipinski definition) is 2. The molecule has 0 fully saturated rings. The molecular weight excluding hydrogens is 240 g/mol. The van der Waals surface area contributed by atoms with Gasteiger partial charge in [-0.25, -0.2) is 8.78 Å². The number of amides is 1. The van der Waals surface area contributed by atoms with Gasteiger partial charge in [0, 0.05) is 19.2 Å². The first-order valence-electron chi connectivity index (χ1n) is 5.32. The highest BCUT2D eigenvalue weighted by Gasteiger charge is 2.14. The van der Waals surface area contributed by atoms with Crippen LogP contribution in [0.15, 0.2) is 12.1 Å². The Hall–Kier alpha value is -2.00. The van der Waals surface area contributed by atoms with E-state index < -0.39 is 17.7 Å². The van der Waals surface area contributed by atoms with Crippen LogP contribution in [0.3, 0.4) is 0 Å². The molecule has 1 amide bonds. The second-order valence-electron chi connectivity index (χ2n) is 3.75. The van der Waals surface area contributed by atoms with Crippen LogP contribution in [-0.4, -0.2) is 19.0 Å². The zero-order valence-corrected chi connectivity index (χ0v) is 10.1. The van der Waals surface area contributed by atoms with E-state index in [-0.39, 0.29) is 23.6 Å². The van der Waals surface area contributed by atoms with E-state index in [4.69, 9.17) is 5.26 Å². The molecule has 18 heavy (non-hydrogen) atoms. The molecule has 1 aromatic carbocycles. The zero-order chi connectivity index (χ0) is 13.7. The molecule has 0 bridgehead atoms. The second kappa shape index (κ2) is 6.07. The van der Waals surface area contributed by atoms with Gasteiger partial charge in [-0.1, -0.05) is 0 Å². The third-order valence-electron chi connectivity index (χ3n) is 2.49. The van der Waals surface area contributed by atoms with E-state index in [1.165, 1.54) is 7.05 Å². The highest BCUT2D eigenvalue weighted by molar-refractivity contribution is 5.80. The summed E-state index contributed by atoms with van der Waals surface area (Å²) in [5.41, 5.74) is -0.266. The first-order valence-corrected chi connectivity index (χ1v) is 5.32. The number of likely N-dealkylation sites (N-methyl/N-ethyl adjacent to an activating group) is 1. The van der Waals surface area contributed by atoms with Crippen LogP contribution in [0.4, 0.5) is 8.78 Å². The van der Waals surface area contributed by atoms with Crippen molar-refractivity contribution in [3.63, 3.8) is 0 Å². The first kappa shape index (κ1) is 14.1. The van der Waals surface area contributed by atoms with Crippen molar-refractivity contribution in [3.8, 4) is 6.07 Å². The van der Waals surface area contributed by atoms with Crippen molar-refractivity contribution < 1.29 is 13.6 Å². The Kier molecular flexibility index (Phi) is 4.75. The Morgan fingerprint density at radius 3 is 2.44 bits per heavy atom. The number of rotatable bonds is 4. The summed E-state index contributed by atoms with van der Waals surface area (Å²) >= 11 is 0. The fourth-order valence-corrected chi connectivity index (χ4v) is 1.40. The maximum absolute atomic E-state index is 13.5. The van der Waals surface area contributed by atoms with Gasteiger partial charge in [0.05, 0.1) is 17.7 Å². The van der Waals surface area contributed by atoms with Gasteiger partial charge >= 0.3 is 0 Å². The molecule has 96 valence electrons. The number of nitrogens with one attached hydrogen (secondary N) is 2. The average Bonchev–Trinajstić information content (AvgIpc) is 2.36. The molecule has 2 N–H and O–H groups in total. The predicted molar refractivity (Wildman–Crippen MR) is 61.4 cm³/mol. The van der Waals surface area contributed by atoms with Crippen LogP contribution in [-0.2, 0) is 11.3 Å². The number of carbonyl (C=O) groups excluding carboxylic acids is 1. The minimum Gasteiger partial charge on any atom is -0.358 e. The zero-order valence-electron chi connectivity index (χ0n) is 10.1. The summed E-state index contributed by atoms with van der Waals surface area (Å²) in [6.45, 7) is 1.45. The van der Waals surface area contributed by atoms with Crippen LogP contribution in [0.2, 0.25) is 0 Å². The van der Waals surface area contributed by atoms with Gasteiger partial charge in [0.1, 0.15) is 11.6 Å². The lowest BCUT2D eigenvalue weighted by Crippen LogP contribution is -2.40. The predicted octanol–water partition coefficient (Wildman–Crippen LogP) is 1.06. The quantitative estimate of drug-likeness (QED) is 0.843. The summed E-state index contributed by atoms with van der Waals surface area (Å²) in [6, 6.07) is 3.02. The Bertz CT molecular complexity index is 474. The smallest absolute Gasteiger partial charge is 0.236 e. The van der Waals surface area contributed by atoms with Crippen LogP contribution in [0, 0.1) is 23.0 Å². The Morgan fingerprint density at radius 1 is 1.44 bits per heavy atom. The van der Waals surface area contributed by atoms with Crippen LogP contribution in [0.5, 0.6) is 0 Å². The first-order chi connectivity index (χ1) is 8.49. The van der Waals surface area contributed by atoms with E-state index in [9.17, 15) is 13.6 Å². The number of nitrogens with zero attached hydrogens (tertiary/aromatic N) is 1. The van der Waals surface area contributed by atoms with E-state index in [1.807, 2.05) is 0 Å². The molecule has 0 saturated carbocycles. The molecule has 1 unspecified atom stereocenters. The van der Waals surface area contributed by atoms with Gasteiger partial charge in [0.15, 0.2) is 0 Å². The average molecular weight is 253 g/mol. The van der Waals surface area contributed by atoms with E-state index in [0.717, 1.165) is 12.1 Å². The number of nitriles is 1. The maximum atomic E-state index is 13.5. The van der Waals surface area contributed by atoms with Gasteiger partial charge in [0.25, 0.3) is 0 Å². The molecule has 1 rings (SSSR count). The number of carbonyl (C=O) groups is 1. The van der Waals surface area contributed by atoms with Crippen LogP contribution in [0.1, 0.15) is 18.1 Å². The number of halogens is 2. The summed E-state index contributed by atoms with van der Waals surface area (Å²) in [6.07, 6.45) is 0. The van der Waals surface area contributed by atoms with Crippen LogP contribution >= 0.6 is 0 Å². The third-order valence-corrected chi connectivity index (χ3v) is 2.49. The molecule has 0 heterocycles. The summed E-state index contributed by atoms with van der Waals surface area (Å²) in [5, 5.41) is 13.7. The van der Waals surface area contributed by atoms with Gasteiger partial charge in [-0.15, -0.1) is 0 Å². The van der Waals surface area contributed by atoms with Crippen LogP contribution in [0.25, 0.3) is 0 Å². The van der Waals surface area contributed by atoms with Crippen molar-refractivity contribution in [2.24, 2.45) is 0 Å². The SMILES string of the molecule is CNC(=O)C(C)NCc1c(F)cc(C#N)cc1F. The van der Waals surface area contributed by atoms with Crippen molar-refractivity contribution in [1.82, 2.24) is 10.6 Å². The van der Waals surface area contributed by atoms with Gasteiger partial charge in [0.2, 0.25) is 5.91 Å².